The molecule has 0 radical (unpaired) electrons. The fourth-order valence-electron chi connectivity index (χ4n) is 2.03. The van der Waals surface area contributed by atoms with Gasteiger partial charge in [-0.25, -0.2) is 4.79 Å². The minimum Gasteiger partial charge on any atom is -0.481 e. The SMILES string of the molecule is CNC(=O)CCn1c(C)c(CCC(=O)O)c(C)nc1=O. The van der Waals surface area contributed by atoms with Crippen molar-refractivity contribution in [1.82, 2.24) is 14.9 Å². The Balaban J connectivity index is 3.05. The molecule has 0 atom stereocenters. The Hall–Kier alpha value is -2.18. The van der Waals surface area contributed by atoms with E-state index in [0.29, 0.717) is 17.8 Å². The van der Waals surface area contributed by atoms with Gasteiger partial charge in [0.15, 0.2) is 0 Å². The van der Waals surface area contributed by atoms with E-state index in [4.69, 9.17) is 5.11 Å². The van der Waals surface area contributed by atoms with Gasteiger partial charge in [0, 0.05) is 37.8 Å². The molecule has 7 nitrogen and oxygen atoms in total. The van der Waals surface area contributed by atoms with Crippen LogP contribution in [0.25, 0.3) is 0 Å². The van der Waals surface area contributed by atoms with Gasteiger partial charge in [-0.05, 0) is 25.8 Å². The molecule has 7 heteroatoms. The molecule has 0 bridgehead atoms. The highest BCUT2D eigenvalue weighted by molar-refractivity contribution is 5.75. The van der Waals surface area contributed by atoms with Gasteiger partial charge < -0.3 is 10.4 Å². The van der Waals surface area contributed by atoms with Crippen LogP contribution in [0.15, 0.2) is 4.79 Å². The number of nitrogens with zero attached hydrogens (tertiary/aromatic N) is 2. The first kappa shape index (κ1) is 15.9. The fraction of sp³-hybridized carbons (Fsp3) is 0.538. The first-order valence-corrected chi connectivity index (χ1v) is 6.36. The van der Waals surface area contributed by atoms with Crippen molar-refractivity contribution in [3.05, 3.63) is 27.4 Å². The van der Waals surface area contributed by atoms with E-state index in [9.17, 15) is 14.4 Å². The highest BCUT2D eigenvalue weighted by Gasteiger charge is 2.13. The Labute approximate surface area is 116 Å². The van der Waals surface area contributed by atoms with Gasteiger partial charge in [-0.1, -0.05) is 0 Å². The van der Waals surface area contributed by atoms with E-state index in [1.54, 1.807) is 13.8 Å². The molecule has 0 saturated heterocycles. The zero-order chi connectivity index (χ0) is 15.3. The number of rotatable bonds is 6. The number of hydrogen-bond acceptors (Lipinski definition) is 4. The molecule has 20 heavy (non-hydrogen) atoms. The summed E-state index contributed by atoms with van der Waals surface area (Å²) in [7, 11) is 1.53. The van der Waals surface area contributed by atoms with E-state index in [1.165, 1.54) is 11.6 Å². The average Bonchev–Trinajstić information content (AvgIpc) is 2.37. The first-order valence-electron chi connectivity index (χ1n) is 6.36. The molecule has 0 unspecified atom stereocenters. The van der Waals surface area contributed by atoms with E-state index in [2.05, 4.69) is 10.3 Å². The Morgan fingerprint density at radius 1 is 1.30 bits per heavy atom. The van der Waals surface area contributed by atoms with Crippen molar-refractivity contribution in [3.63, 3.8) is 0 Å². The van der Waals surface area contributed by atoms with Crippen LogP contribution in [-0.4, -0.2) is 33.6 Å². The van der Waals surface area contributed by atoms with Crippen molar-refractivity contribution in [2.24, 2.45) is 0 Å². The standard InChI is InChI=1S/C13H19N3O4/c1-8-10(4-5-12(18)19)9(2)16(13(20)15-8)7-6-11(17)14-3/h4-7H2,1-3H3,(H,14,17)(H,18,19). The molecule has 1 amide bonds. The van der Waals surface area contributed by atoms with Gasteiger partial charge in [0.05, 0.1) is 0 Å². The second kappa shape index (κ2) is 6.83. The van der Waals surface area contributed by atoms with E-state index in [-0.39, 0.29) is 25.3 Å². The molecule has 0 saturated carbocycles. The summed E-state index contributed by atoms with van der Waals surface area (Å²) in [5.41, 5.74) is 1.56. The van der Waals surface area contributed by atoms with Gasteiger partial charge in [-0.15, -0.1) is 0 Å². The molecular weight excluding hydrogens is 262 g/mol. The zero-order valence-corrected chi connectivity index (χ0v) is 11.9. The molecule has 1 aromatic heterocycles. The number of nitrogens with one attached hydrogen (secondary N) is 1. The van der Waals surface area contributed by atoms with Crippen LogP contribution >= 0.6 is 0 Å². The van der Waals surface area contributed by atoms with Crippen molar-refractivity contribution in [2.45, 2.75) is 39.7 Å². The predicted octanol–water partition coefficient (Wildman–Crippen LogP) is 0.0134. The molecule has 1 aromatic rings. The van der Waals surface area contributed by atoms with E-state index >= 15 is 0 Å². The number of carbonyl (C=O) groups is 2. The predicted molar refractivity (Wildman–Crippen MR) is 72.6 cm³/mol. The number of aromatic nitrogens is 2. The molecule has 110 valence electrons. The topological polar surface area (TPSA) is 101 Å². The van der Waals surface area contributed by atoms with E-state index in [1.807, 2.05) is 0 Å². The lowest BCUT2D eigenvalue weighted by Gasteiger charge is -2.14. The van der Waals surface area contributed by atoms with Crippen LogP contribution in [0.5, 0.6) is 0 Å². The van der Waals surface area contributed by atoms with E-state index in [0.717, 1.165) is 5.56 Å². The molecule has 0 aliphatic carbocycles. The van der Waals surface area contributed by atoms with Gasteiger partial charge in [-0.3, -0.25) is 14.2 Å². The lowest BCUT2D eigenvalue weighted by atomic mass is 10.1. The maximum absolute atomic E-state index is 11.9. The normalized spacial score (nSPS) is 10.3. The molecule has 1 heterocycles. The Morgan fingerprint density at radius 3 is 2.50 bits per heavy atom. The summed E-state index contributed by atoms with van der Waals surface area (Å²) in [6.45, 7) is 3.67. The zero-order valence-electron chi connectivity index (χ0n) is 11.9. The molecule has 1 rings (SSSR count). The minimum absolute atomic E-state index is 0.0169. The van der Waals surface area contributed by atoms with Gasteiger partial charge >= 0.3 is 11.7 Å². The van der Waals surface area contributed by atoms with Crippen molar-refractivity contribution in [3.8, 4) is 0 Å². The van der Waals surface area contributed by atoms with Crippen molar-refractivity contribution in [1.29, 1.82) is 0 Å². The second-order valence-electron chi connectivity index (χ2n) is 4.51. The molecule has 0 aliphatic heterocycles. The van der Waals surface area contributed by atoms with Crippen LogP contribution < -0.4 is 11.0 Å². The highest BCUT2D eigenvalue weighted by atomic mass is 16.4. The minimum atomic E-state index is -0.896. The largest absolute Gasteiger partial charge is 0.481 e. The monoisotopic (exact) mass is 281 g/mol. The smallest absolute Gasteiger partial charge is 0.347 e. The quantitative estimate of drug-likeness (QED) is 0.765. The maximum Gasteiger partial charge on any atom is 0.347 e. The Bertz CT molecular complexity index is 578. The van der Waals surface area contributed by atoms with Gasteiger partial charge in [0.2, 0.25) is 5.91 Å². The summed E-state index contributed by atoms with van der Waals surface area (Å²) in [6.07, 6.45) is 0.484. The Morgan fingerprint density at radius 2 is 1.95 bits per heavy atom. The maximum atomic E-state index is 11.9. The second-order valence-corrected chi connectivity index (χ2v) is 4.51. The third-order valence-electron chi connectivity index (χ3n) is 3.20. The molecule has 0 aromatic carbocycles. The number of carboxylic acids is 1. The van der Waals surface area contributed by atoms with Crippen molar-refractivity contribution >= 4 is 11.9 Å². The molecule has 0 spiro atoms. The number of amides is 1. The lowest BCUT2D eigenvalue weighted by molar-refractivity contribution is -0.137. The summed E-state index contributed by atoms with van der Waals surface area (Å²) < 4.78 is 1.42. The molecular formula is C13H19N3O4. The number of aryl methyl sites for hydroxylation is 1. The summed E-state index contributed by atoms with van der Waals surface area (Å²) in [4.78, 5) is 37.7. The lowest BCUT2D eigenvalue weighted by Crippen LogP contribution is -2.30. The molecule has 2 N–H and O–H groups in total. The average molecular weight is 281 g/mol. The van der Waals surface area contributed by atoms with Crippen LogP contribution in [0.1, 0.15) is 29.8 Å². The summed E-state index contributed by atoms with van der Waals surface area (Å²) in [5.74, 6) is -1.06. The van der Waals surface area contributed by atoms with Crippen LogP contribution in [0, 0.1) is 13.8 Å². The van der Waals surface area contributed by atoms with Crippen molar-refractivity contribution in [2.75, 3.05) is 7.05 Å². The van der Waals surface area contributed by atoms with Crippen LogP contribution in [-0.2, 0) is 22.6 Å². The summed E-state index contributed by atoms with van der Waals surface area (Å²) in [5, 5.41) is 11.2. The van der Waals surface area contributed by atoms with Crippen molar-refractivity contribution < 1.29 is 14.7 Å². The third-order valence-corrected chi connectivity index (χ3v) is 3.20. The van der Waals surface area contributed by atoms with Crippen LogP contribution in [0.4, 0.5) is 0 Å². The van der Waals surface area contributed by atoms with Gasteiger partial charge in [0.1, 0.15) is 0 Å². The molecule has 0 aliphatic rings. The number of hydrogen-bond donors (Lipinski definition) is 2. The first-order chi connectivity index (χ1) is 9.36. The Kier molecular flexibility index (Phi) is 5.42. The molecule has 0 fully saturated rings. The number of carbonyl (C=O) groups excluding carboxylic acids is 1. The number of aliphatic carboxylic acids is 1. The van der Waals surface area contributed by atoms with Crippen LogP contribution in [0.2, 0.25) is 0 Å². The summed E-state index contributed by atoms with van der Waals surface area (Å²) in [6, 6.07) is 0. The van der Waals surface area contributed by atoms with Crippen LogP contribution in [0.3, 0.4) is 0 Å². The highest BCUT2D eigenvalue weighted by Crippen LogP contribution is 2.12. The third kappa shape index (κ3) is 3.91. The van der Waals surface area contributed by atoms with E-state index < -0.39 is 11.7 Å². The summed E-state index contributed by atoms with van der Waals surface area (Å²) >= 11 is 0. The van der Waals surface area contributed by atoms with Gasteiger partial charge in [0.25, 0.3) is 0 Å². The van der Waals surface area contributed by atoms with Gasteiger partial charge in [-0.2, -0.15) is 4.98 Å². The number of carboxylic acid groups (broad SMARTS) is 1. The fourth-order valence-corrected chi connectivity index (χ4v) is 2.03.